The quantitative estimate of drug-likeness (QED) is 0.637. The van der Waals surface area contributed by atoms with E-state index in [9.17, 15) is 14.4 Å². The summed E-state index contributed by atoms with van der Waals surface area (Å²) >= 11 is 0. The fourth-order valence-electron chi connectivity index (χ4n) is 3.95. The first kappa shape index (κ1) is 21.5. The molecule has 0 unspecified atom stereocenters. The van der Waals surface area contributed by atoms with Crippen LogP contribution in [0.5, 0.6) is 5.75 Å². The molecule has 0 saturated heterocycles. The Morgan fingerprint density at radius 2 is 1.97 bits per heavy atom. The third kappa shape index (κ3) is 4.21. The van der Waals surface area contributed by atoms with E-state index in [-0.39, 0.29) is 5.56 Å². The van der Waals surface area contributed by atoms with E-state index in [1.54, 1.807) is 47.0 Å². The van der Waals surface area contributed by atoms with E-state index >= 15 is 0 Å². The molecule has 1 aliphatic rings. The first-order valence-electron chi connectivity index (χ1n) is 10.8. The van der Waals surface area contributed by atoms with Crippen LogP contribution < -0.4 is 20.5 Å². The van der Waals surface area contributed by atoms with Crippen molar-refractivity contribution in [2.45, 2.75) is 39.2 Å². The minimum absolute atomic E-state index is 0.114. The number of ether oxygens (including phenoxy) is 1. The molecule has 1 aromatic heterocycles. The van der Waals surface area contributed by atoms with Crippen molar-refractivity contribution in [3.63, 3.8) is 0 Å². The van der Waals surface area contributed by atoms with Crippen LogP contribution in [0.2, 0.25) is 0 Å². The van der Waals surface area contributed by atoms with Gasteiger partial charge in [0, 0.05) is 25.7 Å². The Hall–Kier alpha value is -3.68. The summed E-state index contributed by atoms with van der Waals surface area (Å²) in [5, 5.41) is 3.04. The van der Waals surface area contributed by atoms with Gasteiger partial charge in [0.05, 0.1) is 23.2 Å². The molecule has 32 heavy (non-hydrogen) atoms. The number of fused-ring (bicyclic) bond motifs is 2. The van der Waals surface area contributed by atoms with Gasteiger partial charge in [0.1, 0.15) is 11.6 Å². The van der Waals surface area contributed by atoms with E-state index in [0.717, 1.165) is 31.5 Å². The van der Waals surface area contributed by atoms with Crippen molar-refractivity contribution < 1.29 is 14.3 Å². The van der Waals surface area contributed by atoms with Crippen LogP contribution in [0.1, 0.15) is 32.0 Å². The summed E-state index contributed by atoms with van der Waals surface area (Å²) in [5.74, 6) is -0.222. The Morgan fingerprint density at radius 1 is 1.16 bits per heavy atom. The first-order valence-corrected chi connectivity index (χ1v) is 10.8. The standard InChI is InChI=1S/C24H26N4O4/c1-3-32-20-10-7-6-9-19(20)27(2)24(31)22(29)25-16-12-13-18-17(15-16)23(30)28-14-8-4-5-11-21(28)26-18/h6-7,9-10,12-13,15H,3-5,8,11,14H2,1-2H3,(H,25,29). The number of carbonyl (C=O) groups is 2. The van der Waals surface area contributed by atoms with Crippen LogP contribution in [0.15, 0.2) is 47.3 Å². The van der Waals surface area contributed by atoms with E-state index < -0.39 is 11.8 Å². The Bertz CT molecular complexity index is 1230. The van der Waals surface area contributed by atoms with E-state index in [1.165, 1.54) is 11.9 Å². The van der Waals surface area contributed by atoms with Gasteiger partial charge in [0.15, 0.2) is 0 Å². The van der Waals surface area contributed by atoms with Crippen LogP contribution in [0, 0.1) is 0 Å². The van der Waals surface area contributed by atoms with Crippen molar-refractivity contribution in [2.24, 2.45) is 0 Å². The summed E-state index contributed by atoms with van der Waals surface area (Å²) in [6.45, 7) is 2.94. The molecular weight excluding hydrogens is 408 g/mol. The number of benzene rings is 2. The fourth-order valence-corrected chi connectivity index (χ4v) is 3.95. The molecule has 0 spiro atoms. The molecule has 8 nitrogen and oxygen atoms in total. The Morgan fingerprint density at radius 3 is 2.78 bits per heavy atom. The highest BCUT2D eigenvalue weighted by Gasteiger charge is 2.23. The third-order valence-corrected chi connectivity index (χ3v) is 5.60. The molecular formula is C24H26N4O4. The highest BCUT2D eigenvalue weighted by molar-refractivity contribution is 6.44. The minimum Gasteiger partial charge on any atom is -0.492 e. The average molecular weight is 434 g/mol. The van der Waals surface area contributed by atoms with Crippen molar-refractivity contribution in [3.05, 3.63) is 58.6 Å². The highest BCUT2D eigenvalue weighted by atomic mass is 16.5. The topological polar surface area (TPSA) is 93.5 Å². The number of nitrogens with zero attached hydrogens (tertiary/aromatic N) is 3. The van der Waals surface area contributed by atoms with E-state index in [2.05, 4.69) is 10.3 Å². The molecule has 0 fully saturated rings. The molecule has 8 heteroatoms. The van der Waals surface area contributed by atoms with E-state index in [0.29, 0.717) is 41.2 Å². The molecule has 4 rings (SSSR count). The van der Waals surface area contributed by atoms with Crippen LogP contribution in [0.4, 0.5) is 11.4 Å². The Kier molecular flexibility index (Phi) is 6.20. The molecule has 1 aliphatic heterocycles. The molecule has 1 N–H and O–H groups in total. The van der Waals surface area contributed by atoms with Gasteiger partial charge in [-0.1, -0.05) is 18.6 Å². The van der Waals surface area contributed by atoms with E-state index in [4.69, 9.17) is 4.74 Å². The zero-order valence-corrected chi connectivity index (χ0v) is 18.3. The lowest BCUT2D eigenvalue weighted by atomic mass is 10.2. The van der Waals surface area contributed by atoms with E-state index in [1.807, 2.05) is 6.92 Å². The molecule has 2 aromatic carbocycles. The lowest BCUT2D eigenvalue weighted by molar-refractivity contribution is -0.134. The molecule has 0 atom stereocenters. The van der Waals surface area contributed by atoms with Gasteiger partial charge < -0.3 is 15.0 Å². The highest BCUT2D eigenvalue weighted by Crippen LogP contribution is 2.27. The first-order chi connectivity index (χ1) is 15.5. The molecule has 0 bridgehead atoms. The zero-order chi connectivity index (χ0) is 22.7. The number of nitrogens with one attached hydrogen (secondary N) is 1. The molecule has 0 aliphatic carbocycles. The number of likely N-dealkylation sites (N-methyl/N-ethyl adjacent to an activating group) is 1. The van der Waals surface area contributed by atoms with Gasteiger partial charge in [0.2, 0.25) is 0 Å². The molecule has 166 valence electrons. The second-order valence-corrected chi connectivity index (χ2v) is 7.75. The van der Waals surface area contributed by atoms with Crippen LogP contribution in [-0.4, -0.2) is 35.0 Å². The molecule has 2 amide bonds. The fraction of sp³-hybridized carbons (Fsp3) is 0.333. The number of hydrogen-bond donors (Lipinski definition) is 1. The number of aryl methyl sites for hydroxylation is 1. The largest absolute Gasteiger partial charge is 0.492 e. The maximum Gasteiger partial charge on any atom is 0.316 e. The van der Waals surface area contributed by atoms with Gasteiger partial charge in [-0.2, -0.15) is 0 Å². The molecule has 2 heterocycles. The average Bonchev–Trinajstić information content (AvgIpc) is 3.05. The van der Waals surface area contributed by atoms with Crippen LogP contribution in [0.25, 0.3) is 10.9 Å². The molecule has 0 saturated carbocycles. The van der Waals surface area contributed by atoms with Gasteiger partial charge in [-0.15, -0.1) is 0 Å². The monoisotopic (exact) mass is 434 g/mol. The Labute approximate surface area is 185 Å². The summed E-state index contributed by atoms with van der Waals surface area (Å²) in [4.78, 5) is 44.3. The lowest BCUT2D eigenvalue weighted by Gasteiger charge is -2.20. The van der Waals surface area contributed by atoms with Crippen molar-refractivity contribution in [2.75, 3.05) is 23.9 Å². The number of anilines is 2. The third-order valence-electron chi connectivity index (χ3n) is 5.60. The van der Waals surface area contributed by atoms with Gasteiger partial charge in [0.25, 0.3) is 5.56 Å². The number of rotatable bonds is 4. The summed E-state index contributed by atoms with van der Waals surface area (Å²) in [6.07, 6.45) is 3.82. The van der Waals surface area contributed by atoms with Crippen molar-refractivity contribution in [3.8, 4) is 5.75 Å². The maximum absolute atomic E-state index is 13.0. The van der Waals surface area contributed by atoms with Gasteiger partial charge in [-0.05, 0) is 50.1 Å². The van der Waals surface area contributed by atoms with Crippen molar-refractivity contribution in [1.29, 1.82) is 0 Å². The smallest absolute Gasteiger partial charge is 0.316 e. The minimum atomic E-state index is -0.805. The lowest BCUT2D eigenvalue weighted by Crippen LogP contribution is -2.37. The summed E-state index contributed by atoms with van der Waals surface area (Å²) in [5.41, 5.74) is 1.35. The molecule has 3 aromatic rings. The molecule has 0 radical (unpaired) electrons. The zero-order valence-electron chi connectivity index (χ0n) is 18.3. The van der Waals surface area contributed by atoms with Gasteiger partial charge in [-0.25, -0.2) is 4.98 Å². The maximum atomic E-state index is 13.0. The Balaban J connectivity index is 1.58. The summed E-state index contributed by atoms with van der Waals surface area (Å²) < 4.78 is 7.28. The number of amides is 2. The van der Waals surface area contributed by atoms with Gasteiger partial charge in [-0.3, -0.25) is 19.0 Å². The number of aromatic nitrogens is 2. The normalized spacial score (nSPS) is 13.2. The van der Waals surface area contributed by atoms with Crippen LogP contribution in [-0.2, 0) is 22.6 Å². The number of carbonyl (C=O) groups excluding carboxylic acids is 2. The predicted molar refractivity (Wildman–Crippen MR) is 123 cm³/mol. The second kappa shape index (κ2) is 9.21. The van der Waals surface area contributed by atoms with Crippen molar-refractivity contribution in [1.82, 2.24) is 9.55 Å². The SMILES string of the molecule is CCOc1ccccc1N(C)C(=O)C(=O)Nc1ccc2nc3n(c(=O)c2c1)CCCCC3. The van der Waals surface area contributed by atoms with Crippen molar-refractivity contribution >= 4 is 34.1 Å². The van der Waals surface area contributed by atoms with Crippen LogP contribution >= 0.6 is 0 Å². The predicted octanol–water partition coefficient (Wildman–Crippen LogP) is 3.12. The number of para-hydroxylation sites is 2. The summed E-state index contributed by atoms with van der Waals surface area (Å²) in [6, 6.07) is 12.0. The summed E-state index contributed by atoms with van der Waals surface area (Å²) in [7, 11) is 1.52. The van der Waals surface area contributed by atoms with Gasteiger partial charge >= 0.3 is 11.8 Å². The second-order valence-electron chi connectivity index (χ2n) is 7.75. The van der Waals surface area contributed by atoms with Crippen LogP contribution in [0.3, 0.4) is 0 Å². The number of hydrogen-bond acceptors (Lipinski definition) is 5.